The van der Waals surface area contributed by atoms with Crippen LogP contribution < -0.4 is 5.32 Å². The lowest BCUT2D eigenvalue weighted by molar-refractivity contribution is 0.839. The zero-order chi connectivity index (χ0) is 20.0. The van der Waals surface area contributed by atoms with Crippen molar-refractivity contribution in [3.8, 4) is 0 Å². The van der Waals surface area contributed by atoms with E-state index in [9.17, 15) is 0 Å². The molecular formula is C25H33NS. The number of hydrogen-bond donors (Lipinski definition) is 1. The maximum atomic E-state index is 4.26. The summed E-state index contributed by atoms with van der Waals surface area (Å²) in [6.07, 6.45) is 3.44. The molecule has 0 spiro atoms. The molecule has 0 atom stereocenters. The van der Waals surface area contributed by atoms with E-state index in [1.54, 1.807) is 11.8 Å². The number of fused-ring (bicyclic) bond motifs is 1. The maximum absolute atomic E-state index is 4.26. The Morgan fingerprint density at radius 3 is 2.37 bits per heavy atom. The SMILES string of the molecule is C=C(S/C=C(\C)Cc1cc(C)c(NC)cc1C)c1ccc2c(c1)CC2.CC. The molecule has 0 radical (unpaired) electrons. The highest BCUT2D eigenvalue weighted by Gasteiger charge is 2.13. The van der Waals surface area contributed by atoms with Crippen LogP contribution in [0.5, 0.6) is 0 Å². The van der Waals surface area contributed by atoms with Crippen molar-refractivity contribution in [3.05, 3.63) is 81.3 Å². The smallest absolute Gasteiger partial charge is 0.0370 e. The van der Waals surface area contributed by atoms with Crippen LogP contribution in [0.2, 0.25) is 0 Å². The van der Waals surface area contributed by atoms with E-state index in [1.807, 2.05) is 20.9 Å². The molecule has 0 aliphatic heterocycles. The summed E-state index contributed by atoms with van der Waals surface area (Å²) in [6, 6.07) is 11.3. The van der Waals surface area contributed by atoms with Gasteiger partial charge in [-0.05, 0) is 84.9 Å². The first-order chi connectivity index (χ1) is 13.0. The zero-order valence-corrected chi connectivity index (χ0v) is 18.5. The van der Waals surface area contributed by atoms with Gasteiger partial charge in [0.2, 0.25) is 0 Å². The van der Waals surface area contributed by atoms with Gasteiger partial charge in [0.15, 0.2) is 0 Å². The van der Waals surface area contributed by atoms with Crippen LogP contribution in [0.1, 0.15) is 54.2 Å². The van der Waals surface area contributed by atoms with E-state index < -0.39 is 0 Å². The number of benzene rings is 2. The van der Waals surface area contributed by atoms with Crippen molar-refractivity contribution < 1.29 is 0 Å². The number of thioether (sulfide) groups is 1. The largest absolute Gasteiger partial charge is 0.388 e. The molecule has 2 heteroatoms. The van der Waals surface area contributed by atoms with Gasteiger partial charge in [0.1, 0.15) is 0 Å². The molecule has 0 bridgehead atoms. The number of hydrogen-bond acceptors (Lipinski definition) is 2. The Balaban J connectivity index is 0.00000126. The Kier molecular flexibility index (Phi) is 7.79. The maximum Gasteiger partial charge on any atom is 0.0370 e. The van der Waals surface area contributed by atoms with E-state index in [2.05, 4.69) is 68.4 Å². The molecule has 1 N–H and O–H groups in total. The van der Waals surface area contributed by atoms with Crippen molar-refractivity contribution in [1.82, 2.24) is 0 Å². The molecule has 1 aliphatic rings. The van der Waals surface area contributed by atoms with Crippen LogP contribution in [-0.2, 0) is 19.3 Å². The second-order valence-corrected chi connectivity index (χ2v) is 7.97. The summed E-state index contributed by atoms with van der Waals surface area (Å²) in [7, 11) is 1.98. The molecule has 0 saturated carbocycles. The Hall–Kier alpha value is -1.93. The molecule has 1 aliphatic carbocycles. The van der Waals surface area contributed by atoms with E-state index in [-0.39, 0.29) is 0 Å². The predicted octanol–water partition coefficient (Wildman–Crippen LogP) is 7.32. The van der Waals surface area contributed by atoms with Crippen molar-refractivity contribution in [2.45, 2.75) is 53.9 Å². The molecule has 0 unspecified atom stereocenters. The number of allylic oxidation sites excluding steroid dienone is 1. The molecular weight excluding hydrogens is 346 g/mol. The molecule has 1 nitrogen and oxygen atoms in total. The number of anilines is 1. The predicted molar refractivity (Wildman–Crippen MR) is 125 cm³/mol. The van der Waals surface area contributed by atoms with Gasteiger partial charge in [0.05, 0.1) is 0 Å². The third-order valence-electron chi connectivity index (χ3n) is 5.02. The van der Waals surface area contributed by atoms with Gasteiger partial charge >= 0.3 is 0 Å². The van der Waals surface area contributed by atoms with E-state index in [1.165, 1.54) is 57.5 Å². The van der Waals surface area contributed by atoms with Gasteiger partial charge in [-0.2, -0.15) is 0 Å². The highest BCUT2D eigenvalue weighted by atomic mass is 32.2. The number of rotatable bonds is 6. The fourth-order valence-corrected chi connectivity index (χ4v) is 3.98. The van der Waals surface area contributed by atoms with Crippen LogP contribution >= 0.6 is 11.8 Å². The van der Waals surface area contributed by atoms with Crippen LogP contribution in [-0.4, -0.2) is 7.05 Å². The van der Waals surface area contributed by atoms with E-state index in [0.717, 1.165) is 11.3 Å². The minimum atomic E-state index is 0.987. The summed E-state index contributed by atoms with van der Waals surface area (Å²) in [5, 5.41) is 5.51. The van der Waals surface area contributed by atoms with Gasteiger partial charge in [0.25, 0.3) is 0 Å². The van der Waals surface area contributed by atoms with Gasteiger partial charge in [-0.3, -0.25) is 0 Å². The van der Waals surface area contributed by atoms with Crippen LogP contribution in [0.25, 0.3) is 4.91 Å². The monoisotopic (exact) mass is 379 g/mol. The first-order valence-corrected chi connectivity index (χ1v) is 10.8. The highest BCUT2D eigenvalue weighted by Crippen LogP contribution is 2.32. The minimum Gasteiger partial charge on any atom is -0.388 e. The van der Waals surface area contributed by atoms with Gasteiger partial charge in [-0.1, -0.05) is 62.0 Å². The van der Waals surface area contributed by atoms with Crippen LogP contribution in [0.3, 0.4) is 0 Å². The zero-order valence-electron chi connectivity index (χ0n) is 17.7. The summed E-state index contributed by atoms with van der Waals surface area (Å²) < 4.78 is 0. The quantitative estimate of drug-likeness (QED) is 0.564. The molecule has 3 rings (SSSR count). The lowest BCUT2D eigenvalue weighted by Crippen LogP contribution is -2.07. The summed E-state index contributed by atoms with van der Waals surface area (Å²) in [4.78, 5) is 1.13. The second kappa shape index (κ2) is 9.85. The Morgan fingerprint density at radius 2 is 1.78 bits per heavy atom. The Labute approximate surface area is 170 Å². The standard InChI is InChI=1S/C23H27NS.C2H6/c1-15(10-22-11-17(3)23(24-5)12-16(22)2)14-25-18(4)20-8-6-19-7-9-21(19)13-20;1-2/h6,8,11-14,24H,4,7,9-10H2,1-3,5H3;1-2H3/b15-14+;. The molecule has 0 heterocycles. The van der Waals surface area contributed by atoms with Crippen molar-refractivity contribution in [3.63, 3.8) is 0 Å². The fraction of sp³-hybridized carbons (Fsp3) is 0.360. The number of nitrogens with one attached hydrogen (secondary N) is 1. The second-order valence-electron chi connectivity index (χ2n) is 7.01. The average Bonchev–Trinajstić information content (AvgIpc) is 2.65. The summed E-state index contributed by atoms with van der Waals surface area (Å²) >= 11 is 1.74. The van der Waals surface area contributed by atoms with Gasteiger partial charge < -0.3 is 5.32 Å². The first kappa shape index (κ1) is 21.4. The molecule has 0 fully saturated rings. The number of aryl methyl sites for hydroxylation is 4. The minimum absolute atomic E-state index is 0.987. The van der Waals surface area contributed by atoms with Crippen molar-refractivity contribution >= 4 is 22.4 Å². The van der Waals surface area contributed by atoms with Crippen LogP contribution in [0.15, 0.2) is 47.9 Å². The Morgan fingerprint density at radius 1 is 1.07 bits per heavy atom. The van der Waals surface area contributed by atoms with E-state index in [4.69, 9.17) is 0 Å². The fourth-order valence-electron chi connectivity index (χ4n) is 3.29. The third kappa shape index (κ3) is 5.29. The summed E-state index contributed by atoms with van der Waals surface area (Å²) in [6.45, 7) is 14.8. The lowest BCUT2D eigenvalue weighted by Gasteiger charge is -2.19. The average molecular weight is 380 g/mol. The molecule has 2 aromatic carbocycles. The van der Waals surface area contributed by atoms with E-state index in [0.29, 0.717) is 0 Å². The van der Waals surface area contributed by atoms with Gasteiger partial charge in [-0.15, -0.1) is 0 Å². The van der Waals surface area contributed by atoms with Crippen molar-refractivity contribution in [2.75, 3.05) is 12.4 Å². The molecule has 144 valence electrons. The van der Waals surface area contributed by atoms with Crippen LogP contribution in [0.4, 0.5) is 5.69 Å². The first-order valence-electron chi connectivity index (χ1n) is 9.89. The molecule has 0 aromatic heterocycles. The van der Waals surface area contributed by atoms with Gasteiger partial charge in [0, 0.05) is 17.6 Å². The molecule has 0 amide bonds. The topological polar surface area (TPSA) is 12.0 Å². The summed E-state index contributed by atoms with van der Waals surface area (Å²) in [5.74, 6) is 0. The molecule has 27 heavy (non-hydrogen) atoms. The van der Waals surface area contributed by atoms with Crippen molar-refractivity contribution in [1.29, 1.82) is 0 Å². The molecule has 2 aromatic rings. The Bertz CT molecular complexity index is 846. The third-order valence-corrected chi connectivity index (χ3v) is 6.06. The van der Waals surface area contributed by atoms with Gasteiger partial charge in [-0.25, -0.2) is 0 Å². The highest BCUT2D eigenvalue weighted by molar-refractivity contribution is 8.10. The summed E-state index contributed by atoms with van der Waals surface area (Å²) in [5.41, 5.74) is 10.9. The van der Waals surface area contributed by atoms with Crippen LogP contribution in [0, 0.1) is 13.8 Å². The van der Waals surface area contributed by atoms with E-state index >= 15 is 0 Å². The lowest BCUT2D eigenvalue weighted by atomic mass is 9.87. The van der Waals surface area contributed by atoms with Crippen molar-refractivity contribution in [2.24, 2.45) is 0 Å². The normalized spacial score (nSPS) is 12.4. The molecule has 0 saturated heterocycles.